The lowest BCUT2D eigenvalue weighted by atomic mass is 10.1. The summed E-state index contributed by atoms with van der Waals surface area (Å²) in [6.45, 7) is 7.67. The Hall–Kier alpha value is -1.38. The van der Waals surface area contributed by atoms with Crippen molar-refractivity contribution in [1.29, 1.82) is 0 Å². The molecule has 0 radical (unpaired) electrons. The molecule has 3 nitrogen and oxygen atoms in total. The van der Waals surface area contributed by atoms with Crippen LogP contribution in [0.5, 0.6) is 0 Å². The highest BCUT2D eigenvalue weighted by Gasteiger charge is 2.14. The molecular weight excluding hydrogens is 176 g/mol. The van der Waals surface area contributed by atoms with Crippen LogP contribution in [0.1, 0.15) is 26.3 Å². The lowest BCUT2D eigenvalue weighted by molar-refractivity contribution is -0.449. The molecule has 0 amide bonds. The molecule has 3 heteroatoms. The summed E-state index contributed by atoms with van der Waals surface area (Å²) >= 11 is 0. The van der Waals surface area contributed by atoms with Gasteiger partial charge in [0.2, 0.25) is 5.69 Å². The number of azo groups is 1. The summed E-state index contributed by atoms with van der Waals surface area (Å²) in [7, 11) is 0. The van der Waals surface area contributed by atoms with E-state index in [0.29, 0.717) is 10.5 Å². The third-order valence-corrected chi connectivity index (χ3v) is 1.65. The molecular formula is C11H16N2O. The first-order chi connectivity index (χ1) is 6.38. The Bertz CT molecular complexity index is 333. The molecule has 0 saturated carbocycles. The van der Waals surface area contributed by atoms with E-state index in [9.17, 15) is 5.21 Å². The summed E-state index contributed by atoms with van der Waals surface area (Å²) < 4.78 is 0. The lowest BCUT2D eigenvalue weighted by Gasteiger charge is -2.09. The molecule has 76 valence electrons. The van der Waals surface area contributed by atoms with Crippen molar-refractivity contribution in [2.45, 2.75) is 33.2 Å². The van der Waals surface area contributed by atoms with E-state index < -0.39 is 0 Å². The quantitative estimate of drug-likeness (QED) is 0.382. The monoisotopic (exact) mass is 192 g/mol. The van der Waals surface area contributed by atoms with Gasteiger partial charge in [-0.25, -0.2) is 0 Å². The van der Waals surface area contributed by atoms with E-state index in [1.165, 1.54) is 0 Å². The van der Waals surface area contributed by atoms with Gasteiger partial charge >= 0.3 is 0 Å². The molecule has 0 spiro atoms. The Morgan fingerprint density at radius 3 is 2.07 bits per heavy atom. The van der Waals surface area contributed by atoms with Crippen LogP contribution < -0.4 is 0 Å². The standard InChI is InChI=1S/C11H16N2O/c1-9-5-7-10(8-6-9)13(14)12-11(2,3)4/h5-8H,1-4H3. The highest BCUT2D eigenvalue weighted by Crippen LogP contribution is 2.16. The largest absolute Gasteiger partial charge is 0.594 e. The normalized spacial score (nSPS) is 13.0. The maximum Gasteiger partial charge on any atom is 0.244 e. The van der Waals surface area contributed by atoms with Gasteiger partial charge in [-0.05, 0) is 32.8 Å². The lowest BCUT2D eigenvalue weighted by Crippen LogP contribution is -2.12. The van der Waals surface area contributed by atoms with Crippen LogP contribution >= 0.6 is 0 Å². The zero-order valence-corrected chi connectivity index (χ0v) is 9.11. The number of hydrogen-bond acceptors (Lipinski definition) is 2. The van der Waals surface area contributed by atoms with Crippen LogP contribution in [0.3, 0.4) is 0 Å². The Labute approximate surface area is 84.7 Å². The average Bonchev–Trinajstić information content (AvgIpc) is 2.02. The fraction of sp³-hybridized carbons (Fsp3) is 0.455. The highest BCUT2D eigenvalue weighted by atomic mass is 16.5. The number of aryl methyl sites for hydroxylation is 1. The van der Waals surface area contributed by atoms with Crippen molar-refractivity contribution in [3.05, 3.63) is 35.0 Å². The molecule has 1 rings (SSSR count). The van der Waals surface area contributed by atoms with Crippen LogP contribution in [0.4, 0.5) is 5.69 Å². The Morgan fingerprint density at radius 2 is 1.64 bits per heavy atom. The van der Waals surface area contributed by atoms with Crippen molar-refractivity contribution in [3.63, 3.8) is 0 Å². The number of hydrogen-bond donors (Lipinski definition) is 0. The van der Waals surface area contributed by atoms with Crippen LogP contribution in [0, 0.1) is 12.1 Å². The van der Waals surface area contributed by atoms with Crippen LogP contribution in [0.2, 0.25) is 0 Å². The highest BCUT2D eigenvalue weighted by molar-refractivity contribution is 5.31. The van der Waals surface area contributed by atoms with Crippen molar-refractivity contribution in [2.24, 2.45) is 5.11 Å². The van der Waals surface area contributed by atoms with Gasteiger partial charge in [0.05, 0.1) is 0 Å². The summed E-state index contributed by atoms with van der Waals surface area (Å²) in [4.78, 5) is 0.680. The molecule has 0 aliphatic carbocycles. The molecule has 0 bridgehead atoms. The van der Waals surface area contributed by atoms with Crippen molar-refractivity contribution < 1.29 is 4.86 Å². The topological polar surface area (TPSA) is 38.4 Å². The van der Waals surface area contributed by atoms with E-state index in [1.807, 2.05) is 39.8 Å². The Balaban J connectivity index is 2.95. The van der Waals surface area contributed by atoms with Gasteiger partial charge in [0.15, 0.2) is 0 Å². The molecule has 0 aromatic heterocycles. The van der Waals surface area contributed by atoms with Gasteiger partial charge < -0.3 is 5.21 Å². The molecule has 0 heterocycles. The molecule has 0 unspecified atom stereocenters. The minimum absolute atomic E-state index is 0.341. The van der Waals surface area contributed by atoms with E-state index in [0.717, 1.165) is 5.56 Å². The van der Waals surface area contributed by atoms with Crippen LogP contribution in [0.15, 0.2) is 29.4 Å². The van der Waals surface area contributed by atoms with Crippen molar-refractivity contribution in [3.8, 4) is 0 Å². The zero-order chi connectivity index (χ0) is 10.8. The van der Waals surface area contributed by atoms with Crippen LogP contribution in [0.25, 0.3) is 0 Å². The Kier molecular flexibility index (Phi) is 2.89. The summed E-state index contributed by atoms with van der Waals surface area (Å²) in [5.74, 6) is 0. The number of benzene rings is 1. The second kappa shape index (κ2) is 3.78. The average molecular weight is 192 g/mol. The first-order valence-electron chi connectivity index (χ1n) is 4.65. The smallest absolute Gasteiger partial charge is 0.244 e. The van der Waals surface area contributed by atoms with E-state index in [-0.39, 0.29) is 5.54 Å². The van der Waals surface area contributed by atoms with Crippen molar-refractivity contribution in [2.75, 3.05) is 0 Å². The van der Waals surface area contributed by atoms with Crippen LogP contribution in [-0.4, -0.2) is 10.4 Å². The van der Waals surface area contributed by atoms with E-state index in [2.05, 4.69) is 5.11 Å². The minimum atomic E-state index is -0.341. The van der Waals surface area contributed by atoms with E-state index in [4.69, 9.17) is 0 Å². The molecule has 0 aliphatic heterocycles. The SMILES string of the molecule is Cc1ccc([N+]([O-])=NC(C)(C)C)cc1. The summed E-state index contributed by atoms with van der Waals surface area (Å²) in [5.41, 5.74) is 1.37. The van der Waals surface area contributed by atoms with Crippen molar-refractivity contribution in [1.82, 2.24) is 0 Å². The molecule has 1 aromatic carbocycles. The molecule has 0 fully saturated rings. The predicted molar refractivity (Wildman–Crippen MR) is 56.6 cm³/mol. The first-order valence-corrected chi connectivity index (χ1v) is 4.65. The molecule has 0 aliphatic rings. The first kappa shape index (κ1) is 10.7. The minimum Gasteiger partial charge on any atom is -0.594 e. The number of nitrogens with zero attached hydrogens (tertiary/aromatic N) is 2. The van der Waals surface area contributed by atoms with Gasteiger partial charge in [0.25, 0.3) is 0 Å². The van der Waals surface area contributed by atoms with E-state index in [1.54, 1.807) is 12.1 Å². The maximum atomic E-state index is 11.5. The summed E-state index contributed by atoms with van der Waals surface area (Å²) in [6.07, 6.45) is 0. The zero-order valence-electron chi connectivity index (χ0n) is 9.11. The van der Waals surface area contributed by atoms with Gasteiger partial charge in [0, 0.05) is 12.1 Å². The maximum absolute atomic E-state index is 11.5. The fourth-order valence-electron chi connectivity index (χ4n) is 1.00. The molecule has 14 heavy (non-hydrogen) atoms. The van der Waals surface area contributed by atoms with E-state index >= 15 is 0 Å². The van der Waals surface area contributed by atoms with Gasteiger partial charge in [-0.3, -0.25) is 0 Å². The third kappa shape index (κ3) is 3.17. The van der Waals surface area contributed by atoms with Crippen LogP contribution in [-0.2, 0) is 0 Å². The van der Waals surface area contributed by atoms with Crippen molar-refractivity contribution >= 4 is 5.69 Å². The molecule has 0 atom stereocenters. The molecule has 1 aromatic rings. The van der Waals surface area contributed by atoms with Gasteiger partial charge in [0.1, 0.15) is 5.54 Å². The predicted octanol–water partition coefficient (Wildman–Crippen LogP) is 3.39. The summed E-state index contributed by atoms with van der Waals surface area (Å²) in [5, 5.41) is 15.5. The number of rotatable bonds is 1. The second-order valence-corrected chi connectivity index (χ2v) is 4.38. The third-order valence-electron chi connectivity index (χ3n) is 1.65. The Morgan fingerprint density at radius 1 is 1.14 bits per heavy atom. The van der Waals surface area contributed by atoms with Gasteiger partial charge in [-0.15, -0.1) is 0 Å². The second-order valence-electron chi connectivity index (χ2n) is 4.38. The summed E-state index contributed by atoms with van der Waals surface area (Å²) in [6, 6.07) is 7.35. The molecule has 0 N–H and O–H groups in total. The fourth-order valence-corrected chi connectivity index (χ4v) is 1.00. The molecule has 0 saturated heterocycles. The van der Waals surface area contributed by atoms with Gasteiger partial charge in [-0.1, -0.05) is 22.6 Å². The van der Waals surface area contributed by atoms with Gasteiger partial charge in [-0.2, -0.15) is 0 Å².